The number of fused-ring (bicyclic) bond motifs is 7. The van der Waals surface area contributed by atoms with E-state index in [9.17, 15) is 0 Å². The van der Waals surface area contributed by atoms with Gasteiger partial charge in [0.25, 0.3) is 0 Å². The van der Waals surface area contributed by atoms with Crippen LogP contribution in [0.15, 0.2) is 194 Å². The first-order valence-electron chi connectivity index (χ1n) is 18.2. The van der Waals surface area contributed by atoms with Crippen molar-refractivity contribution in [2.75, 3.05) is 0 Å². The highest BCUT2D eigenvalue weighted by atomic mass is 32.1. The molecule has 1 heterocycles. The molecule has 0 nitrogen and oxygen atoms in total. The number of hydrogen-bond donors (Lipinski definition) is 0. The second-order valence-electron chi connectivity index (χ2n) is 14.0. The minimum atomic E-state index is 1.22. The second kappa shape index (κ2) is 12.0. The van der Waals surface area contributed by atoms with E-state index < -0.39 is 0 Å². The van der Waals surface area contributed by atoms with Gasteiger partial charge in [0.2, 0.25) is 0 Å². The van der Waals surface area contributed by atoms with Gasteiger partial charge in [-0.25, -0.2) is 0 Å². The Morgan fingerprint density at radius 1 is 0.245 bits per heavy atom. The smallest absolute Gasteiger partial charge is 0.0355 e. The van der Waals surface area contributed by atoms with Crippen LogP contribution in [0, 0.1) is 0 Å². The molecule has 0 saturated carbocycles. The molecule has 246 valence electrons. The van der Waals surface area contributed by atoms with Gasteiger partial charge in [0.15, 0.2) is 0 Å². The maximum atomic E-state index is 2.45. The van der Waals surface area contributed by atoms with Gasteiger partial charge in [0, 0.05) is 20.2 Å². The Kier molecular flexibility index (Phi) is 6.83. The van der Waals surface area contributed by atoms with Crippen LogP contribution < -0.4 is 0 Å². The molecule has 0 aliphatic rings. The Hall–Kier alpha value is -6.54. The van der Waals surface area contributed by atoms with E-state index >= 15 is 0 Å². The Bertz CT molecular complexity index is 3230. The zero-order valence-corrected chi connectivity index (χ0v) is 29.7. The van der Waals surface area contributed by atoms with E-state index in [1.54, 1.807) is 0 Å². The highest BCUT2D eigenvalue weighted by Crippen LogP contribution is 2.47. The molecule has 1 heteroatoms. The lowest BCUT2D eigenvalue weighted by Gasteiger charge is -2.20. The first-order chi connectivity index (χ1) is 26.3. The monoisotopic (exact) mass is 688 g/mol. The van der Waals surface area contributed by atoms with Crippen LogP contribution in [0.25, 0.3) is 108 Å². The molecule has 53 heavy (non-hydrogen) atoms. The fourth-order valence-electron chi connectivity index (χ4n) is 8.53. The standard InChI is InChI=1S/C52H32S/c1-2-13-35-29-37(24-23-33(35)11-1)36-15-9-16-40(30-36)51-44-19-5-6-20-45(44)52(43-21-10-14-34-12-3-4-17-41(34)43)46-27-25-38(32-48(46)51)39-26-28-50-47(31-39)42-18-7-8-22-49(42)53-50/h1-32H. The topological polar surface area (TPSA) is 0 Å². The first-order valence-corrected chi connectivity index (χ1v) is 19.1. The lowest BCUT2D eigenvalue weighted by atomic mass is 9.83. The van der Waals surface area contributed by atoms with E-state index in [4.69, 9.17) is 0 Å². The predicted molar refractivity (Wildman–Crippen MR) is 231 cm³/mol. The lowest BCUT2D eigenvalue weighted by molar-refractivity contribution is 1.62. The highest BCUT2D eigenvalue weighted by molar-refractivity contribution is 7.25. The van der Waals surface area contributed by atoms with Gasteiger partial charge in [-0.3, -0.25) is 0 Å². The minimum Gasteiger partial charge on any atom is -0.135 e. The van der Waals surface area contributed by atoms with E-state index in [1.807, 2.05) is 11.3 Å². The molecule has 0 saturated heterocycles. The van der Waals surface area contributed by atoms with Crippen molar-refractivity contribution in [3.05, 3.63) is 194 Å². The minimum absolute atomic E-state index is 1.22. The van der Waals surface area contributed by atoms with Crippen molar-refractivity contribution in [3.63, 3.8) is 0 Å². The predicted octanol–water partition coefficient (Wildman–Crippen LogP) is 15.3. The van der Waals surface area contributed by atoms with Crippen molar-refractivity contribution < 1.29 is 0 Å². The fraction of sp³-hybridized carbons (Fsp3) is 0. The van der Waals surface area contributed by atoms with Gasteiger partial charge in [-0.05, 0) is 124 Å². The van der Waals surface area contributed by atoms with Crippen molar-refractivity contribution in [2.45, 2.75) is 0 Å². The molecule has 0 bridgehead atoms. The summed E-state index contributed by atoms with van der Waals surface area (Å²) in [4.78, 5) is 0. The molecule has 11 aromatic rings. The molecule has 0 spiro atoms. The highest BCUT2D eigenvalue weighted by Gasteiger charge is 2.19. The van der Waals surface area contributed by atoms with Crippen molar-refractivity contribution in [1.29, 1.82) is 0 Å². The van der Waals surface area contributed by atoms with Crippen LogP contribution in [-0.4, -0.2) is 0 Å². The van der Waals surface area contributed by atoms with Crippen molar-refractivity contribution in [3.8, 4) is 44.5 Å². The summed E-state index contributed by atoms with van der Waals surface area (Å²) in [7, 11) is 0. The molecule has 0 unspecified atom stereocenters. The van der Waals surface area contributed by atoms with Crippen molar-refractivity contribution in [1.82, 2.24) is 0 Å². The number of benzene rings is 10. The van der Waals surface area contributed by atoms with Crippen LogP contribution in [0.2, 0.25) is 0 Å². The summed E-state index contributed by atoms with van der Waals surface area (Å²) in [5.41, 5.74) is 9.94. The number of rotatable bonds is 4. The van der Waals surface area contributed by atoms with Gasteiger partial charge >= 0.3 is 0 Å². The summed E-state index contributed by atoms with van der Waals surface area (Å²) in [6.07, 6.45) is 0. The third-order valence-corrected chi connectivity index (χ3v) is 12.2. The van der Waals surface area contributed by atoms with Crippen molar-refractivity contribution >= 4 is 74.6 Å². The van der Waals surface area contributed by atoms with Crippen LogP contribution in [0.1, 0.15) is 0 Å². The SMILES string of the molecule is c1cc(-c2ccc3ccccc3c2)cc(-c2c3ccccc3c(-c3cccc4ccccc34)c3ccc(-c4ccc5sc6ccccc6c5c4)cc23)c1. The fourth-order valence-corrected chi connectivity index (χ4v) is 9.62. The summed E-state index contributed by atoms with van der Waals surface area (Å²) in [5, 5.41) is 12.7. The molecule has 0 fully saturated rings. The molecule has 0 aliphatic carbocycles. The zero-order chi connectivity index (χ0) is 34.9. The summed E-state index contributed by atoms with van der Waals surface area (Å²) in [6.45, 7) is 0. The quantitative estimate of drug-likeness (QED) is 0.162. The average molecular weight is 689 g/mol. The summed E-state index contributed by atoms with van der Waals surface area (Å²) >= 11 is 1.87. The summed E-state index contributed by atoms with van der Waals surface area (Å²) < 4.78 is 2.66. The Morgan fingerprint density at radius 2 is 0.792 bits per heavy atom. The van der Waals surface area contributed by atoms with Gasteiger partial charge < -0.3 is 0 Å². The molecule has 0 atom stereocenters. The molecule has 10 aromatic carbocycles. The largest absolute Gasteiger partial charge is 0.135 e. The molecule has 1 aromatic heterocycles. The Labute approximate surface area is 311 Å². The maximum Gasteiger partial charge on any atom is 0.0355 e. The van der Waals surface area contributed by atoms with Gasteiger partial charge in [0.1, 0.15) is 0 Å². The van der Waals surface area contributed by atoms with Crippen LogP contribution in [-0.2, 0) is 0 Å². The molecule has 0 N–H and O–H groups in total. The molecule has 11 rings (SSSR count). The van der Waals surface area contributed by atoms with E-state index in [2.05, 4.69) is 194 Å². The third kappa shape index (κ3) is 4.89. The summed E-state index contributed by atoms with van der Waals surface area (Å²) in [6, 6.07) is 72.0. The van der Waals surface area contributed by atoms with E-state index in [0.29, 0.717) is 0 Å². The van der Waals surface area contributed by atoms with Crippen LogP contribution in [0.4, 0.5) is 0 Å². The van der Waals surface area contributed by atoms with Gasteiger partial charge in [0.05, 0.1) is 0 Å². The average Bonchev–Trinajstić information content (AvgIpc) is 3.60. The molecular weight excluding hydrogens is 657 g/mol. The molecular formula is C52H32S. The molecule has 0 aliphatic heterocycles. The Balaban J connectivity index is 1.21. The van der Waals surface area contributed by atoms with Crippen LogP contribution >= 0.6 is 11.3 Å². The summed E-state index contributed by atoms with van der Waals surface area (Å²) in [5.74, 6) is 0. The molecule has 0 amide bonds. The van der Waals surface area contributed by atoms with Gasteiger partial charge in [-0.2, -0.15) is 0 Å². The maximum absolute atomic E-state index is 2.45. The normalized spacial score (nSPS) is 11.8. The lowest BCUT2D eigenvalue weighted by Crippen LogP contribution is -1.93. The van der Waals surface area contributed by atoms with E-state index in [-0.39, 0.29) is 0 Å². The molecule has 0 radical (unpaired) electrons. The second-order valence-corrected chi connectivity index (χ2v) is 15.1. The Morgan fingerprint density at radius 3 is 1.66 bits per heavy atom. The van der Waals surface area contributed by atoms with Crippen LogP contribution in [0.3, 0.4) is 0 Å². The first kappa shape index (κ1) is 30.1. The number of thiophene rings is 1. The zero-order valence-electron chi connectivity index (χ0n) is 28.9. The van der Waals surface area contributed by atoms with Crippen LogP contribution in [0.5, 0.6) is 0 Å². The number of hydrogen-bond acceptors (Lipinski definition) is 1. The third-order valence-electron chi connectivity index (χ3n) is 11.0. The van der Waals surface area contributed by atoms with E-state index in [1.165, 1.54) is 108 Å². The van der Waals surface area contributed by atoms with Crippen molar-refractivity contribution in [2.24, 2.45) is 0 Å². The van der Waals surface area contributed by atoms with Gasteiger partial charge in [-0.15, -0.1) is 11.3 Å². The van der Waals surface area contributed by atoms with Gasteiger partial charge in [-0.1, -0.05) is 158 Å². The van der Waals surface area contributed by atoms with E-state index in [0.717, 1.165) is 0 Å².